The largest absolute Gasteiger partial charge is 0.355 e. The lowest BCUT2D eigenvalue weighted by Crippen LogP contribution is -2.44. The van der Waals surface area contributed by atoms with E-state index in [2.05, 4.69) is 21.0 Å². The molecule has 5 heterocycles. The van der Waals surface area contributed by atoms with Crippen molar-refractivity contribution in [1.29, 1.82) is 0 Å². The van der Waals surface area contributed by atoms with E-state index in [4.69, 9.17) is 10.7 Å². The van der Waals surface area contributed by atoms with Crippen LogP contribution in [-0.2, 0) is 13.5 Å². The van der Waals surface area contributed by atoms with Crippen molar-refractivity contribution in [2.75, 3.05) is 18.0 Å². The summed E-state index contributed by atoms with van der Waals surface area (Å²) in [4.78, 5) is 24.7. The van der Waals surface area contributed by atoms with E-state index in [1.165, 1.54) is 5.56 Å². The Morgan fingerprint density at radius 3 is 2.73 bits per heavy atom. The highest BCUT2D eigenvalue weighted by molar-refractivity contribution is 5.75. The molecule has 4 aromatic heterocycles. The third-order valence-electron chi connectivity index (χ3n) is 7.58. The van der Waals surface area contributed by atoms with Crippen molar-refractivity contribution >= 4 is 11.3 Å². The Hall–Kier alpha value is -3.52. The van der Waals surface area contributed by atoms with Gasteiger partial charge in [0, 0.05) is 44.3 Å². The molecule has 0 aromatic carbocycles. The van der Waals surface area contributed by atoms with Crippen LogP contribution in [-0.4, -0.2) is 37.2 Å². The third kappa shape index (κ3) is 2.94. The van der Waals surface area contributed by atoms with E-state index in [1.807, 2.05) is 41.9 Å². The van der Waals surface area contributed by atoms with Crippen LogP contribution in [0.25, 0.3) is 16.8 Å². The summed E-state index contributed by atoms with van der Waals surface area (Å²) in [5.74, 6) is 0.915. The lowest BCUT2D eigenvalue weighted by Gasteiger charge is -2.42. The van der Waals surface area contributed by atoms with Crippen molar-refractivity contribution in [3.63, 3.8) is 0 Å². The maximum atomic E-state index is 12.8. The van der Waals surface area contributed by atoms with Gasteiger partial charge in [0.1, 0.15) is 5.52 Å². The number of pyridine rings is 2. The molecule has 33 heavy (non-hydrogen) atoms. The molecule has 6 rings (SSSR count). The minimum atomic E-state index is -0.0599. The van der Waals surface area contributed by atoms with Crippen LogP contribution in [0.15, 0.2) is 53.7 Å². The summed E-state index contributed by atoms with van der Waals surface area (Å²) in [6, 6.07) is 9.83. The van der Waals surface area contributed by atoms with Crippen LogP contribution in [0, 0.1) is 12.3 Å². The minimum absolute atomic E-state index is 0.0321. The topological polar surface area (TPSA) is 94.3 Å². The van der Waals surface area contributed by atoms with Crippen LogP contribution >= 0.6 is 0 Å². The van der Waals surface area contributed by atoms with Crippen LogP contribution in [0.5, 0.6) is 0 Å². The van der Waals surface area contributed by atoms with Crippen molar-refractivity contribution < 1.29 is 0 Å². The van der Waals surface area contributed by atoms with Crippen molar-refractivity contribution in [3.8, 4) is 11.3 Å². The van der Waals surface area contributed by atoms with Crippen LogP contribution in [0.3, 0.4) is 0 Å². The number of nitrogens with zero attached hydrogens (tertiary/aromatic N) is 6. The van der Waals surface area contributed by atoms with Crippen LogP contribution in [0.2, 0.25) is 0 Å². The standard InChI is InChI=1S/C25H27N7O/c1-16-21(18-6-4-12-30(2)24(18)33)32-20(7-11-28-32)23(29-16)31-13-8-25(9-14-31)15-19-17(22(25)26)5-3-10-27-19/h3-7,10-12,22H,8-9,13-15,26H2,1-2H3/t22-/m1/s1. The molecule has 4 aromatic rings. The summed E-state index contributed by atoms with van der Waals surface area (Å²) >= 11 is 0. The van der Waals surface area contributed by atoms with E-state index in [9.17, 15) is 4.79 Å². The number of aromatic nitrogens is 5. The molecule has 0 amide bonds. The summed E-state index contributed by atoms with van der Waals surface area (Å²) in [6.45, 7) is 3.70. The zero-order chi connectivity index (χ0) is 22.7. The average molecular weight is 442 g/mol. The number of fused-ring (bicyclic) bond motifs is 2. The highest BCUT2D eigenvalue weighted by Crippen LogP contribution is 2.50. The fraction of sp³-hybridized carbons (Fsp3) is 0.360. The van der Waals surface area contributed by atoms with Gasteiger partial charge in [-0.05, 0) is 61.4 Å². The highest BCUT2D eigenvalue weighted by atomic mass is 16.1. The number of anilines is 1. The van der Waals surface area contributed by atoms with Gasteiger partial charge in [-0.25, -0.2) is 9.50 Å². The Balaban J connectivity index is 1.35. The first-order valence-corrected chi connectivity index (χ1v) is 11.4. The quantitative estimate of drug-likeness (QED) is 0.514. The molecule has 8 nitrogen and oxygen atoms in total. The van der Waals surface area contributed by atoms with Crippen LogP contribution in [0.1, 0.15) is 35.8 Å². The van der Waals surface area contributed by atoms with Gasteiger partial charge in [-0.1, -0.05) is 6.07 Å². The van der Waals surface area contributed by atoms with Gasteiger partial charge in [-0.2, -0.15) is 5.10 Å². The van der Waals surface area contributed by atoms with Gasteiger partial charge in [0.2, 0.25) is 0 Å². The zero-order valence-corrected chi connectivity index (χ0v) is 18.9. The average Bonchev–Trinajstić information content (AvgIpc) is 3.40. The van der Waals surface area contributed by atoms with Gasteiger partial charge in [0.25, 0.3) is 5.56 Å². The number of hydrogen-bond donors (Lipinski definition) is 1. The SMILES string of the molecule is Cc1nc(N2CCC3(CC2)Cc2ncccc2[C@H]3N)c2ccnn2c1-c1cccn(C)c1=O. The van der Waals surface area contributed by atoms with Crippen LogP contribution in [0.4, 0.5) is 5.82 Å². The van der Waals surface area contributed by atoms with Gasteiger partial charge in [0.05, 0.1) is 23.1 Å². The molecule has 1 aliphatic carbocycles. The second kappa shape index (κ2) is 7.25. The normalized spacial score (nSPS) is 19.4. The first-order valence-electron chi connectivity index (χ1n) is 11.4. The van der Waals surface area contributed by atoms with Crippen molar-refractivity contribution in [3.05, 3.63) is 76.2 Å². The molecule has 8 heteroatoms. The van der Waals surface area contributed by atoms with Crippen LogP contribution < -0.4 is 16.2 Å². The summed E-state index contributed by atoms with van der Waals surface area (Å²) in [5, 5.41) is 4.57. The van der Waals surface area contributed by atoms with Gasteiger partial charge >= 0.3 is 0 Å². The Kier molecular flexibility index (Phi) is 4.42. The molecule has 1 saturated heterocycles. The third-order valence-corrected chi connectivity index (χ3v) is 7.58. The van der Waals surface area contributed by atoms with Crippen molar-refractivity contribution in [2.45, 2.75) is 32.2 Å². The molecule has 1 spiro atoms. The summed E-state index contributed by atoms with van der Waals surface area (Å²) in [7, 11) is 1.76. The van der Waals surface area contributed by atoms with Gasteiger partial charge in [0.15, 0.2) is 5.82 Å². The van der Waals surface area contributed by atoms with Gasteiger partial charge in [-0.3, -0.25) is 9.78 Å². The maximum Gasteiger partial charge on any atom is 0.259 e. The minimum Gasteiger partial charge on any atom is -0.355 e. The fourth-order valence-corrected chi connectivity index (χ4v) is 5.70. The summed E-state index contributed by atoms with van der Waals surface area (Å²) in [5.41, 5.74) is 12.1. The van der Waals surface area contributed by atoms with Crippen molar-refractivity contribution in [2.24, 2.45) is 18.2 Å². The number of nitrogens with two attached hydrogens (primary N) is 1. The van der Waals surface area contributed by atoms with Gasteiger partial charge in [-0.15, -0.1) is 0 Å². The molecule has 168 valence electrons. The number of hydrogen-bond acceptors (Lipinski definition) is 6. The maximum absolute atomic E-state index is 12.8. The summed E-state index contributed by atoms with van der Waals surface area (Å²) < 4.78 is 3.44. The first kappa shape index (κ1) is 20.1. The highest BCUT2D eigenvalue weighted by Gasteiger charge is 2.46. The monoisotopic (exact) mass is 441 g/mol. The second-order valence-electron chi connectivity index (χ2n) is 9.38. The second-order valence-corrected chi connectivity index (χ2v) is 9.38. The van der Waals surface area contributed by atoms with Gasteiger partial charge < -0.3 is 15.2 Å². The molecule has 2 aliphatic rings. The number of rotatable bonds is 2. The van der Waals surface area contributed by atoms with E-state index >= 15 is 0 Å². The zero-order valence-electron chi connectivity index (χ0n) is 18.9. The Morgan fingerprint density at radius 2 is 1.94 bits per heavy atom. The van der Waals surface area contributed by atoms with Crippen molar-refractivity contribution in [1.82, 2.24) is 24.1 Å². The Labute approximate surface area is 191 Å². The summed E-state index contributed by atoms with van der Waals surface area (Å²) in [6.07, 6.45) is 8.33. The molecule has 2 N–H and O–H groups in total. The Morgan fingerprint density at radius 1 is 1.12 bits per heavy atom. The van der Waals surface area contributed by atoms with E-state index in [1.54, 1.807) is 24.0 Å². The first-order chi connectivity index (χ1) is 16.0. The molecular weight excluding hydrogens is 414 g/mol. The number of piperidine rings is 1. The predicted octanol–water partition coefficient (Wildman–Crippen LogP) is 2.64. The molecule has 1 aliphatic heterocycles. The Bertz CT molecular complexity index is 1430. The molecule has 0 bridgehead atoms. The smallest absolute Gasteiger partial charge is 0.259 e. The molecule has 1 atom stereocenters. The number of aryl methyl sites for hydroxylation is 2. The predicted molar refractivity (Wildman–Crippen MR) is 127 cm³/mol. The molecular formula is C25H27N7O. The lowest BCUT2D eigenvalue weighted by atomic mass is 9.73. The van der Waals surface area contributed by atoms with E-state index in [-0.39, 0.29) is 17.0 Å². The fourth-order valence-electron chi connectivity index (χ4n) is 5.70. The van der Waals surface area contributed by atoms with E-state index in [0.717, 1.165) is 60.8 Å². The van der Waals surface area contributed by atoms with E-state index in [0.29, 0.717) is 5.56 Å². The molecule has 0 radical (unpaired) electrons. The molecule has 0 saturated carbocycles. The molecule has 0 unspecified atom stereocenters. The van der Waals surface area contributed by atoms with E-state index < -0.39 is 0 Å². The lowest BCUT2D eigenvalue weighted by molar-refractivity contribution is 0.187. The molecule has 1 fully saturated rings.